The monoisotopic (exact) mass is 263 g/mol. The standard InChI is InChI=1S/C9H14ClN5.ClH/c1-14-2-4-15(5-3-14)8-6-7(10)12-9(11)13-8;/h6H,2-5H2,1H3,(H2,11,12,13);1H. The maximum absolute atomic E-state index is 5.84. The molecular weight excluding hydrogens is 249 g/mol. The van der Waals surface area contributed by atoms with E-state index >= 15 is 0 Å². The molecule has 1 aliphatic rings. The van der Waals surface area contributed by atoms with Crippen LogP contribution in [0.2, 0.25) is 5.15 Å². The highest BCUT2D eigenvalue weighted by Crippen LogP contribution is 2.16. The lowest BCUT2D eigenvalue weighted by Gasteiger charge is -2.30. The fraction of sp³-hybridized carbons (Fsp3) is 0.556. The first kappa shape index (κ1) is 13.3. The molecule has 5 nitrogen and oxygen atoms in total. The summed E-state index contributed by atoms with van der Waals surface area (Å²) in [4.78, 5) is 11.8. The molecule has 7 heteroatoms. The summed E-state index contributed by atoms with van der Waals surface area (Å²) in [6.07, 6.45) is 0. The lowest BCUT2D eigenvalue weighted by Crippen LogP contribution is -3.12. The molecule has 1 fully saturated rings. The molecule has 1 saturated heterocycles. The Morgan fingerprint density at radius 3 is 2.56 bits per heavy atom. The van der Waals surface area contributed by atoms with E-state index in [0.717, 1.165) is 32.0 Å². The molecule has 1 aromatic heterocycles. The second-order valence-corrected chi connectivity index (χ2v) is 4.24. The number of quaternary nitrogens is 1. The summed E-state index contributed by atoms with van der Waals surface area (Å²) in [5.74, 6) is 1.07. The minimum absolute atomic E-state index is 0. The second kappa shape index (κ2) is 5.52. The zero-order valence-corrected chi connectivity index (χ0v) is 10.6. The Labute approximate surface area is 106 Å². The maximum Gasteiger partial charge on any atom is 0.223 e. The number of halogens is 2. The van der Waals surface area contributed by atoms with E-state index in [4.69, 9.17) is 17.3 Å². The van der Waals surface area contributed by atoms with Gasteiger partial charge in [-0.3, -0.25) is 0 Å². The number of nitrogens with two attached hydrogens (primary N) is 1. The van der Waals surface area contributed by atoms with Gasteiger partial charge in [-0.2, -0.15) is 4.98 Å². The first-order valence-corrected chi connectivity index (χ1v) is 5.39. The van der Waals surface area contributed by atoms with Crippen molar-refractivity contribution >= 4 is 23.4 Å². The van der Waals surface area contributed by atoms with Crippen molar-refractivity contribution in [3.8, 4) is 0 Å². The van der Waals surface area contributed by atoms with Gasteiger partial charge in [-0.1, -0.05) is 11.6 Å². The molecule has 0 aliphatic carbocycles. The van der Waals surface area contributed by atoms with Crippen molar-refractivity contribution in [1.29, 1.82) is 0 Å². The Kier molecular flexibility index (Phi) is 4.58. The summed E-state index contributed by atoms with van der Waals surface area (Å²) >= 11 is 5.84. The van der Waals surface area contributed by atoms with Gasteiger partial charge in [0.1, 0.15) is 11.0 Å². The number of aromatic nitrogens is 2. The van der Waals surface area contributed by atoms with Crippen LogP contribution < -0.4 is 27.9 Å². The number of hydrogen-bond acceptors (Lipinski definition) is 4. The van der Waals surface area contributed by atoms with Crippen LogP contribution in [0.15, 0.2) is 6.07 Å². The van der Waals surface area contributed by atoms with Crippen molar-refractivity contribution in [2.75, 3.05) is 43.9 Å². The van der Waals surface area contributed by atoms with E-state index in [1.807, 2.05) is 0 Å². The third-order valence-corrected chi connectivity index (χ3v) is 2.83. The Morgan fingerprint density at radius 1 is 1.38 bits per heavy atom. The van der Waals surface area contributed by atoms with Gasteiger partial charge < -0.3 is 27.9 Å². The maximum atomic E-state index is 5.84. The number of likely N-dealkylation sites (N-methyl/N-ethyl adjacent to an activating group) is 1. The summed E-state index contributed by atoms with van der Waals surface area (Å²) < 4.78 is 0. The average Bonchev–Trinajstić information content (AvgIpc) is 2.17. The molecule has 2 rings (SSSR count). The average molecular weight is 264 g/mol. The van der Waals surface area contributed by atoms with E-state index in [1.54, 1.807) is 11.0 Å². The van der Waals surface area contributed by atoms with E-state index in [0.29, 0.717) is 5.15 Å². The van der Waals surface area contributed by atoms with Crippen molar-refractivity contribution in [1.82, 2.24) is 9.97 Å². The SMILES string of the molecule is C[NH+]1CCN(c2cc(Cl)nc(N)n2)CC1.[Cl-]. The van der Waals surface area contributed by atoms with Gasteiger partial charge in [0.25, 0.3) is 0 Å². The van der Waals surface area contributed by atoms with Crippen molar-refractivity contribution in [2.24, 2.45) is 0 Å². The summed E-state index contributed by atoms with van der Waals surface area (Å²) in [6, 6.07) is 1.76. The molecule has 0 saturated carbocycles. The van der Waals surface area contributed by atoms with Gasteiger partial charge in [-0.25, -0.2) is 4.98 Å². The molecule has 0 bridgehead atoms. The first-order chi connectivity index (χ1) is 7.15. The lowest BCUT2D eigenvalue weighted by molar-refractivity contribution is -0.880. The van der Waals surface area contributed by atoms with Crippen LogP contribution in [-0.2, 0) is 0 Å². The highest BCUT2D eigenvalue weighted by Gasteiger charge is 2.18. The van der Waals surface area contributed by atoms with Crippen LogP contribution >= 0.6 is 11.6 Å². The second-order valence-electron chi connectivity index (χ2n) is 3.85. The Hall–Kier alpha value is -0.780. The molecule has 0 radical (unpaired) electrons. The van der Waals surface area contributed by atoms with Crippen molar-refractivity contribution in [3.63, 3.8) is 0 Å². The smallest absolute Gasteiger partial charge is 0.223 e. The fourth-order valence-electron chi connectivity index (χ4n) is 1.70. The Balaban J connectivity index is 0.00000128. The van der Waals surface area contributed by atoms with Crippen LogP contribution in [-0.4, -0.2) is 43.2 Å². The van der Waals surface area contributed by atoms with Crippen LogP contribution in [0.1, 0.15) is 0 Å². The van der Waals surface area contributed by atoms with Gasteiger partial charge in [0.05, 0.1) is 33.2 Å². The normalized spacial score (nSPS) is 17.0. The third-order valence-electron chi connectivity index (χ3n) is 2.64. The molecular formula is C9H15Cl2N5. The summed E-state index contributed by atoms with van der Waals surface area (Å²) in [5.41, 5.74) is 5.55. The molecule has 0 spiro atoms. The van der Waals surface area contributed by atoms with Gasteiger partial charge in [0, 0.05) is 6.07 Å². The molecule has 2 heterocycles. The van der Waals surface area contributed by atoms with Crippen LogP contribution in [0.3, 0.4) is 0 Å². The fourth-order valence-corrected chi connectivity index (χ4v) is 1.89. The van der Waals surface area contributed by atoms with Gasteiger partial charge in [0.15, 0.2) is 0 Å². The Bertz CT molecular complexity index is 332. The minimum Gasteiger partial charge on any atom is -1.00 e. The van der Waals surface area contributed by atoms with Crippen molar-refractivity contribution in [2.45, 2.75) is 0 Å². The first-order valence-electron chi connectivity index (χ1n) is 5.01. The number of rotatable bonds is 1. The van der Waals surface area contributed by atoms with Crippen molar-refractivity contribution < 1.29 is 17.3 Å². The number of anilines is 2. The van der Waals surface area contributed by atoms with Crippen LogP contribution in [0.25, 0.3) is 0 Å². The van der Waals surface area contributed by atoms with E-state index in [2.05, 4.69) is 21.9 Å². The molecule has 0 unspecified atom stereocenters. The minimum atomic E-state index is 0. The summed E-state index contributed by atoms with van der Waals surface area (Å²) in [7, 11) is 2.19. The number of hydrogen-bond donors (Lipinski definition) is 2. The number of nitrogen functional groups attached to an aromatic ring is 1. The van der Waals surface area contributed by atoms with E-state index in [1.165, 1.54) is 0 Å². The highest BCUT2D eigenvalue weighted by atomic mass is 35.5. The highest BCUT2D eigenvalue weighted by molar-refractivity contribution is 6.29. The van der Waals surface area contributed by atoms with E-state index < -0.39 is 0 Å². The van der Waals surface area contributed by atoms with E-state index in [-0.39, 0.29) is 18.4 Å². The molecule has 90 valence electrons. The van der Waals surface area contributed by atoms with E-state index in [9.17, 15) is 0 Å². The van der Waals surface area contributed by atoms with Crippen LogP contribution in [0.4, 0.5) is 11.8 Å². The molecule has 0 atom stereocenters. The third kappa shape index (κ3) is 3.10. The zero-order chi connectivity index (χ0) is 10.8. The molecule has 16 heavy (non-hydrogen) atoms. The van der Waals surface area contributed by atoms with Gasteiger partial charge in [-0.05, 0) is 0 Å². The predicted octanol–water partition coefficient (Wildman–Crippen LogP) is -3.95. The Morgan fingerprint density at radius 2 is 2.00 bits per heavy atom. The van der Waals surface area contributed by atoms with Gasteiger partial charge in [-0.15, -0.1) is 0 Å². The molecule has 0 aromatic carbocycles. The quantitative estimate of drug-likeness (QED) is 0.508. The predicted molar refractivity (Wildman–Crippen MR) is 60.3 cm³/mol. The number of nitrogens with one attached hydrogen (secondary N) is 1. The van der Waals surface area contributed by atoms with Gasteiger partial charge >= 0.3 is 0 Å². The van der Waals surface area contributed by atoms with Crippen LogP contribution in [0, 0.1) is 0 Å². The molecule has 0 amide bonds. The molecule has 3 N–H and O–H groups in total. The van der Waals surface area contributed by atoms with Crippen LogP contribution in [0.5, 0.6) is 0 Å². The lowest BCUT2D eigenvalue weighted by atomic mass is 10.3. The molecule has 1 aromatic rings. The molecule has 1 aliphatic heterocycles. The van der Waals surface area contributed by atoms with Gasteiger partial charge in [0.2, 0.25) is 5.95 Å². The summed E-state index contributed by atoms with van der Waals surface area (Å²) in [5, 5.41) is 0.406. The summed E-state index contributed by atoms with van der Waals surface area (Å²) in [6.45, 7) is 4.19. The number of nitrogens with zero attached hydrogens (tertiary/aromatic N) is 3. The zero-order valence-electron chi connectivity index (χ0n) is 9.08. The van der Waals surface area contributed by atoms with Crippen molar-refractivity contribution in [3.05, 3.63) is 11.2 Å². The number of piperazine rings is 1. The topological polar surface area (TPSA) is 59.5 Å². The largest absolute Gasteiger partial charge is 1.00 e.